The zero-order valence-electron chi connectivity index (χ0n) is 17.6. The minimum absolute atomic E-state index is 0.120. The number of para-hydroxylation sites is 1. The molecule has 160 valence electrons. The van der Waals surface area contributed by atoms with E-state index in [1.54, 1.807) is 19.2 Å². The molecule has 31 heavy (non-hydrogen) atoms. The Hall–Kier alpha value is -3.61. The third-order valence-electron chi connectivity index (χ3n) is 5.47. The van der Waals surface area contributed by atoms with E-state index >= 15 is 0 Å². The summed E-state index contributed by atoms with van der Waals surface area (Å²) in [6.45, 7) is 2.80. The SMILES string of the molecule is COc1ccc(CC(=O)N2CCCN(c3ccc(=O)n(-c4ccccc4)n3)CC2)cc1. The number of benzene rings is 2. The molecular formula is C24H26N4O3. The van der Waals surface area contributed by atoms with Gasteiger partial charge in [-0.2, -0.15) is 4.68 Å². The first-order valence-electron chi connectivity index (χ1n) is 10.5. The Morgan fingerprint density at radius 1 is 0.935 bits per heavy atom. The molecule has 0 bridgehead atoms. The van der Waals surface area contributed by atoms with Crippen molar-refractivity contribution >= 4 is 11.7 Å². The van der Waals surface area contributed by atoms with Gasteiger partial charge in [-0.1, -0.05) is 30.3 Å². The molecule has 1 aliphatic rings. The van der Waals surface area contributed by atoms with Gasteiger partial charge in [-0.05, 0) is 42.3 Å². The second kappa shape index (κ2) is 9.47. The van der Waals surface area contributed by atoms with Gasteiger partial charge in [0.25, 0.3) is 5.56 Å². The maximum Gasteiger partial charge on any atom is 0.271 e. The van der Waals surface area contributed by atoms with Crippen LogP contribution in [0.5, 0.6) is 5.75 Å². The van der Waals surface area contributed by atoms with E-state index in [0.29, 0.717) is 26.1 Å². The van der Waals surface area contributed by atoms with Gasteiger partial charge in [0.2, 0.25) is 5.91 Å². The summed E-state index contributed by atoms with van der Waals surface area (Å²) in [6.07, 6.45) is 1.22. The van der Waals surface area contributed by atoms with Crippen LogP contribution in [0.25, 0.3) is 5.69 Å². The van der Waals surface area contributed by atoms with Crippen LogP contribution in [0, 0.1) is 0 Å². The number of ether oxygens (including phenoxy) is 1. The Balaban J connectivity index is 1.43. The first kappa shape index (κ1) is 20.7. The molecule has 1 saturated heterocycles. The molecule has 4 rings (SSSR count). The zero-order chi connectivity index (χ0) is 21.6. The van der Waals surface area contributed by atoms with E-state index in [0.717, 1.165) is 35.8 Å². The molecule has 1 amide bonds. The van der Waals surface area contributed by atoms with Gasteiger partial charge in [0.1, 0.15) is 11.6 Å². The van der Waals surface area contributed by atoms with Crippen LogP contribution < -0.4 is 15.2 Å². The quantitative estimate of drug-likeness (QED) is 0.637. The van der Waals surface area contributed by atoms with E-state index in [2.05, 4.69) is 10.00 Å². The molecule has 0 saturated carbocycles. The van der Waals surface area contributed by atoms with E-state index in [-0.39, 0.29) is 11.5 Å². The maximum absolute atomic E-state index is 12.8. The average Bonchev–Trinajstić information content (AvgIpc) is 3.07. The molecule has 1 fully saturated rings. The van der Waals surface area contributed by atoms with E-state index in [9.17, 15) is 9.59 Å². The van der Waals surface area contributed by atoms with E-state index in [4.69, 9.17) is 4.74 Å². The first-order chi connectivity index (χ1) is 15.1. The van der Waals surface area contributed by atoms with Gasteiger partial charge in [-0.25, -0.2) is 0 Å². The molecule has 1 aliphatic heterocycles. The third-order valence-corrected chi connectivity index (χ3v) is 5.47. The van der Waals surface area contributed by atoms with Gasteiger partial charge in [-0.3, -0.25) is 9.59 Å². The molecule has 0 unspecified atom stereocenters. The van der Waals surface area contributed by atoms with Gasteiger partial charge >= 0.3 is 0 Å². The smallest absolute Gasteiger partial charge is 0.271 e. The fourth-order valence-electron chi connectivity index (χ4n) is 3.75. The Morgan fingerprint density at radius 3 is 2.45 bits per heavy atom. The van der Waals surface area contributed by atoms with Crippen molar-refractivity contribution in [2.24, 2.45) is 0 Å². The van der Waals surface area contributed by atoms with Crippen LogP contribution in [0.15, 0.2) is 71.5 Å². The highest BCUT2D eigenvalue weighted by atomic mass is 16.5. The van der Waals surface area contributed by atoms with E-state index < -0.39 is 0 Å². The summed E-state index contributed by atoms with van der Waals surface area (Å²) in [4.78, 5) is 29.2. The molecule has 0 spiro atoms. The van der Waals surface area contributed by atoms with Gasteiger partial charge in [0.05, 0.1) is 19.2 Å². The van der Waals surface area contributed by atoms with Crippen molar-refractivity contribution in [2.45, 2.75) is 12.8 Å². The predicted molar refractivity (Wildman–Crippen MR) is 120 cm³/mol. The van der Waals surface area contributed by atoms with Crippen molar-refractivity contribution in [3.63, 3.8) is 0 Å². The Bertz CT molecular complexity index is 1080. The highest BCUT2D eigenvalue weighted by Gasteiger charge is 2.20. The largest absolute Gasteiger partial charge is 0.497 e. The van der Waals surface area contributed by atoms with Crippen molar-refractivity contribution in [1.29, 1.82) is 0 Å². The molecule has 3 aromatic rings. The standard InChI is InChI=1S/C24H26N4O3/c1-31-21-10-8-19(9-11-21)18-24(30)27-15-5-14-26(16-17-27)22-12-13-23(29)28(25-22)20-6-3-2-4-7-20/h2-4,6-13H,5,14-18H2,1H3. The fraction of sp³-hybridized carbons (Fsp3) is 0.292. The van der Waals surface area contributed by atoms with Crippen molar-refractivity contribution in [2.75, 3.05) is 38.2 Å². The lowest BCUT2D eigenvalue weighted by atomic mass is 10.1. The normalized spacial score (nSPS) is 14.2. The molecule has 0 atom stereocenters. The Labute approximate surface area is 181 Å². The number of anilines is 1. The molecule has 0 radical (unpaired) electrons. The van der Waals surface area contributed by atoms with Crippen LogP contribution >= 0.6 is 0 Å². The van der Waals surface area contributed by atoms with Crippen molar-refractivity contribution in [1.82, 2.24) is 14.7 Å². The molecular weight excluding hydrogens is 392 g/mol. The summed E-state index contributed by atoms with van der Waals surface area (Å²) >= 11 is 0. The lowest BCUT2D eigenvalue weighted by Crippen LogP contribution is -2.36. The summed E-state index contributed by atoms with van der Waals surface area (Å²) in [7, 11) is 1.63. The Kier molecular flexibility index (Phi) is 6.31. The van der Waals surface area contributed by atoms with Gasteiger partial charge in [0.15, 0.2) is 0 Å². The van der Waals surface area contributed by atoms with Crippen molar-refractivity contribution in [3.8, 4) is 11.4 Å². The second-order valence-corrected chi connectivity index (χ2v) is 7.52. The molecule has 1 aromatic heterocycles. The number of amides is 1. The fourth-order valence-corrected chi connectivity index (χ4v) is 3.75. The molecule has 0 aliphatic carbocycles. The molecule has 2 aromatic carbocycles. The van der Waals surface area contributed by atoms with Crippen LogP contribution in [-0.4, -0.2) is 53.9 Å². The topological polar surface area (TPSA) is 67.7 Å². The van der Waals surface area contributed by atoms with Crippen LogP contribution in [-0.2, 0) is 11.2 Å². The van der Waals surface area contributed by atoms with Crippen molar-refractivity contribution in [3.05, 3.63) is 82.6 Å². The number of carbonyl (C=O) groups excluding carboxylic acids is 1. The number of hydrogen-bond acceptors (Lipinski definition) is 5. The number of carbonyl (C=O) groups is 1. The zero-order valence-corrected chi connectivity index (χ0v) is 17.6. The Morgan fingerprint density at radius 2 is 1.71 bits per heavy atom. The van der Waals surface area contributed by atoms with Crippen LogP contribution in [0.4, 0.5) is 5.82 Å². The van der Waals surface area contributed by atoms with E-state index in [1.165, 1.54) is 4.68 Å². The lowest BCUT2D eigenvalue weighted by Gasteiger charge is -2.23. The summed E-state index contributed by atoms with van der Waals surface area (Å²) in [5, 5.41) is 4.58. The van der Waals surface area contributed by atoms with Gasteiger partial charge in [-0.15, -0.1) is 5.10 Å². The number of hydrogen-bond donors (Lipinski definition) is 0. The molecule has 0 N–H and O–H groups in total. The van der Waals surface area contributed by atoms with Crippen molar-refractivity contribution < 1.29 is 9.53 Å². The minimum atomic E-state index is -0.166. The first-order valence-corrected chi connectivity index (χ1v) is 10.5. The van der Waals surface area contributed by atoms with Gasteiger partial charge < -0.3 is 14.5 Å². The summed E-state index contributed by atoms with van der Waals surface area (Å²) < 4.78 is 6.60. The summed E-state index contributed by atoms with van der Waals surface area (Å²) in [6, 6.07) is 20.3. The highest BCUT2D eigenvalue weighted by Crippen LogP contribution is 2.16. The average molecular weight is 418 g/mol. The number of aromatic nitrogens is 2. The molecule has 7 heteroatoms. The number of rotatable bonds is 5. The van der Waals surface area contributed by atoms with Crippen LogP contribution in [0.1, 0.15) is 12.0 Å². The predicted octanol–water partition coefficient (Wildman–Crippen LogP) is 2.52. The lowest BCUT2D eigenvalue weighted by molar-refractivity contribution is -0.130. The highest BCUT2D eigenvalue weighted by molar-refractivity contribution is 5.79. The minimum Gasteiger partial charge on any atom is -0.497 e. The maximum atomic E-state index is 12.8. The number of nitrogens with zero attached hydrogens (tertiary/aromatic N) is 4. The third kappa shape index (κ3) is 4.94. The van der Waals surface area contributed by atoms with Gasteiger partial charge in [0, 0.05) is 32.2 Å². The van der Waals surface area contributed by atoms with Crippen LogP contribution in [0.3, 0.4) is 0 Å². The second-order valence-electron chi connectivity index (χ2n) is 7.52. The monoisotopic (exact) mass is 418 g/mol. The number of methoxy groups -OCH3 is 1. The molecule has 7 nitrogen and oxygen atoms in total. The summed E-state index contributed by atoms with van der Waals surface area (Å²) in [5.41, 5.74) is 1.55. The summed E-state index contributed by atoms with van der Waals surface area (Å²) in [5.74, 6) is 1.65. The molecule has 2 heterocycles. The van der Waals surface area contributed by atoms with Crippen LogP contribution in [0.2, 0.25) is 0 Å². The van der Waals surface area contributed by atoms with E-state index in [1.807, 2.05) is 59.5 Å².